The van der Waals surface area contributed by atoms with E-state index in [0.717, 1.165) is 0 Å². The maximum atomic E-state index is 12.3. The largest absolute Gasteiger partial charge is 0.492 e. The van der Waals surface area contributed by atoms with Crippen LogP contribution in [0, 0.1) is 11.8 Å². The third kappa shape index (κ3) is 7.40. The molecule has 0 aliphatic heterocycles. The smallest absolute Gasteiger partial charge is 0.232 e. The Kier molecular flexibility index (Phi) is 9.09. The predicted molar refractivity (Wildman–Crippen MR) is 111 cm³/mol. The number of benzene rings is 1. The van der Waals surface area contributed by atoms with E-state index in [4.69, 9.17) is 4.74 Å². The molecular weight excluding hydrogens is 364 g/mol. The molecule has 27 heavy (non-hydrogen) atoms. The molecule has 0 aliphatic carbocycles. The molecule has 0 radical (unpaired) electrons. The molecule has 0 aromatic heterocycles. The van der Waals surface area contributed by atoms with E-state index in [1.807, 2.05) is 6.92 Å². The number of anilines is 1. The van der Waals surface area contributed by atoms with Gasteiger partial charge in [-0.25, -0.2) is 8.42 Å². The number of carbonyl (C=O) groups excluding carboxylic acids is 1. The van der Waals surface area contributed by atoms with Gasteiger partial charge in [0.15, 0.2) is 0 Å². The number of ether oxygens (including phenoxy) is 1. The van der Waals surface area contributed by atoms with Gasteiger partial charge < -0.3 is 10.1 Å². The van der Waals surface area contributed by atoms with Crippen molar-refractivity contribution in [1.29, 1.82) is 0 Å². The Morgan fingerprint density at radius 3 is 2.26 bits per heavy atom. The van der Waals surface area contributed by atoms with Gasteiger partial charge in [0.25, 0.3) is 0 Å². The second-order valence-electron chi connectivity index (χ2n) is 7.42. The zero-order valence-corrected chi connectivity index (χ0v) is 18.2. The van der Waals surface area contributed by atoms with Gasteiger partial charge in [-0.05, 0) is 37.3 Å². The lowest BCUT2D eigenvalue weighted by Gasteiger charge is -2.27. The molecule has 7 heteroatoms. The van der Waals surface area contributed by atoms with E-state index < -0.39 is 10.0 Å². The summed E-state index contributed by atoms with van der Waals surface area (Å²) in [6, 6.07) is 7.17. The summed E-state index contributed by atoms with van der Waals surface area (Å²) >= 11 is 0. The Labute approximate surface area is 164 Å². The number of para-hydroxylation sites is 2. The molecule has 0 bridgehead atoms. The van der Waals surface area contributed by atoms with Crippen LogP contribution in [0.15, 0.2) is 24.3 Å². The van der Waals surface area contributed by atoms with Crippen molar-refractivity contribution in [3.05, 3.63) is 24.3 Å². The number of nitrogens with zero attached hydrogens (tertiary/aromatic N) is 1. The first kappa shape index (κ1) is 23.3. The quantitative estimate of drug-likeness (QED) is 0.620. The van der Waals surface area contributed by atoms with Crippen LogP contribution >= 0.6 is 0 Å². The van der Waals surface area contributed by atoms with Gasteiger partial charge in [0.2, 0.25) is 15.9 Å². The van der Waals surface area contributed by atoms with E-state index in [2.05, 4.69) is 33.0 Å². The summed E-state index contributed by atoms with van der Waals surface area (Å²) in [5, 5.41) is 3.07. The van der Waals surface area contributed by atoms with E-state index >= 15 is 0 Å². The van der Waals surface area contributed by atoms with E-state index in [1.54, 1.807) is 24.3 Å². The van der Waals surface area contributed by atoms with Gasteiger partial charge in [0.05, 0.1) is 18.6 Å². The minimum absolute atomic E-state index is 0.0473. The van der Waals surface area contributed by atoms with Crippen LogP contribution in [0.1, 0.15) is 47.5 Å². The summed E-state index contributed by atoms with van der Waals surface area (Å²) in [4.78, 5) is 12.3. The molecule has 0 saturated carbocycles. The van der Waals surface area contributed by atoms with Gasteiger partial charge in [0.1, 0.15) is 5.75 Å². The minimum atomic E-state index is -3.49. The fourth-order valence-corrected chi connectivity index (χ4v) is 4.12. The first-order valence-corrected chi connectivity index (χ1v) is 11.4. The van der Waals surface area contributed by atoms with Crippen LogP contribution in [0.3, 0.4) is 0 Å². The number of hydrogen-bond donors (Lipinski definition) is 1. The Hall–Kier alpha value is -1.76. The Morgan fingerprint density at radius 2 is 1.74 bits per heavy atom. The van der Waals surface area contributed by atoms with Gasteiger partial charge in [-0.1, -0.05) is 39.8 Å². The molecule has 0 spiro atoms. The first-order chi connectivity index (χ1) is 12.6. The second kappa shape index (κ2) is 10.5. The molecule has 1 aromatic rings. The number of amides is 1. The van der Waals surface area contributed by atoms with Crippen LogP contribution in [0.5, 0.6) is 5.75 Å². The summed E-state index contributed by atoms with van der Waals surface area (Å²) in [5.74, 6) is 1.17. The molecule has 154 valence electrons. The lowest BCUT2D eigenvalue weighted by atomic mass is 9.93. The van der Waals surface area contributed by atoms with E-state index in [1.165, 1.54) is 10.6 Å². The number of rotatable bonds is 11. The summed E-state index contributed by atoms with van der Waals surface area (Å²) in [6.07, 6.45) is 1.88. The Balaban J connectivity index is 2.80. The molecule has 1 rings (SSSR count). The van der Waals surface area contributed by atoms with Crippen molar-refractivity contribution >= 4 is 21.6 Å². The van der Waals surface area contributed by atoms with Crippen molar-refractivity contribution in [2.75, 3.05) is 23.7 Å². The van der Waals surface area contributed by atoms with Crippen molar-refractivity contribution in [1.82, 2.24) is 5.32 Å². The van der Waals surface area contributed by atoms with Gasteiger partial charge in [0, 0.05) is 19.0 Å². The summed E-state index contributed by atoms with van der Waals surface area (Å²) in [7, 11) is -3.49. The molecular formula is C20H34N2O4S. The minimum Gasteiger partial charge on any atom is -0.492 e. The van der Waals surface area contributed by atoms with Gasteiger partial charge in [-0.15, -0.1) is 0 Å². The average Bonchev–Trinajstić information content (AvgIpc) is 2.56. The van der Waals surface area contributed by atoms with Crippen molar-refractivity contribution in [3.8, 4) is 5.75 Å². The Morgan fingerprint density at radius 1 is 1.15 bits per heavy atom. The molecule has 0 atom stereocenters. The van der Waals surface area contributed by atoms with E-state index in [-0.39, 0.29) is 24.9 Å². The number of hydrogen-bond acceptors (Lipinski definition) is 4. The molecule has 1 amide bonds. The van der Waals surface area contributed by atoms with Crippen LogP contribution < -0.4 is 14.4 Å². The van der Waals surface area contributed by atoms with Gasteiger partial charge in [-0.3, -0.25) is 9.10 Å². The zero-order chi connectivity index (χ0) is 20.6. The number of nitrogens with one attached hydrogen (secondary N) is 1. The third-order valence-electron chi connectivity index (χ3n) is 4.36. The highest BCUT2D eigenvalue weighted by Crippen LogP contribution is 2.30. The van der Waals surface area contributed by atoms with Crippen molar-refractivity contribution in [3.63, 3.8) is 0 Å². The van der Waals surface area contributed by atoms with Crippen molar-refractivity contribution in [2.24, 2.45) is 11.8 Å². The number of sulfonamides is 1. The SMILES string of the molecule is CCOc1ccccc1N(CCCC(=O)NC(C(C)C)C(C)C)S(C)(=O)=O. The maximum absolute atomic E-state index is 12.3. The van der Waals surface area contributed by atoms with Crippen LogP contribution in [0.2, 0.25) is 0 Å². The lowest BCUT2D eigenvalue weighted by Crippen LogP contribution is -2.42. The molecule has 1 aromatic carbocycles. The molecule has 1 N–H and O–H groups in total. The van der Waals surface area contributed by atoms with E-state index in [0.29, 0.717) is 36.3 Å². The van der Waals surface area contributed by atoms with Crippen LogP contribution in [-0.4, -0.2) is 39.8 Å². The fraction of sp³-hybridized carbons (Fsp3) is 0.650. The molecule has 0 saturated heterocycles. The topological polar surface area (TPSA) is 75.7 Å². The van der Waals surface area contributed by atoms with Crippen LogP contribution in [0.4, 0.5) is 5.69 Å². The molecule has 0 unspecified atom stereocenters. The zero-order valence-electron chi connectivity index (χ0n) is 17.4. The van der Waals surface area contributed by atoms with Gasteiger partial charge >= 0.3 is 0 Å². The maximum Gasteiger partial charge on any atom is 0.232 e. The summed E-state index contributed by atoms with van der Waals surface area (Å²) < 4.78 is 31.5. The van der Waals surface area contributed by atoms with Crippen LogP contribution in [0.25, 0.3) is 0 Å². The number of carbonyl (C=O) groups is 1. The molecule has 0 aliphatic rings. The molecule has 0 heterocycles. The van der Waals surface area contributed by atoms with Crippen LogP contribution in [-0.2, 0) is 14.8 Å². The van der Waals surface area contributed by atoms with Crippen molar-refractivity contribution < 1.29 is 17.9 Å². The average molecular weight is 399 g/mol. The molecule has 6 nitrogen and oxygen atoms in total. The van der Waals surface area contributed by atoms with Gasteiger partial charge in [-0.2, -0.15) is 0 Å². The lowest BCUT2D eigenvalue weighted by molar-refractivity contribution is -0.122. The normalized spacial score (nSPS) is 11.9. The predicted octanol–water partition coefficient (Wildman–Crippen LogP) is 3.43. The summed E-state index contributed by atoms with van der Waals surface area (Å²) in [5.41, 5.74) is 0.504. The fourth-order valence-electron chi connectivity index (χ4n) is 3.15. The third-order valence-corrected chi connectivity index (χ3v) is 5.54. The monoisotopic (exact) mass is 398 g/mol. The highest BCUT2D eigenvalue weighted by Gasteiger charge is 2.22. The summed E-state index contributed by atoms with van der Waals surface area (Å²) in [6.45, 7) is 10.9. The van der Waals surface area contributed by atoms with Crippen molar-refractivity contribution in [2.45, 2.75) is 53.5 Å². The Bertz CT molecular complexity index is 694. The van der Waals surface area contributed by atoms with E-state index in [9.17, 15) is 13.2 Å². The highest BCUT2D eigenvalue weighted by atomic mass is 32.2. The first-order valence-electron chi connectivity index (χ1n) is 9.56. The molecule has 0 fully saturated rings. The second-order valence-corrected chi connectivity index (χ2v) is 9.33. The highest BCUT2D eigenvalue weighted by molar-refractivity contribution is 7.92. The standard InChI is InChI=1S/C20H34N2O4S/c1-7-26-18-12-9-8-11-17(18)22(27(6,24)25)14-10-13-19(23)21-20(15(2)3)16(4)5/h8-9,11-12,15-16,20H,7,10,13-14H2,1-6H3,(H,21,23).